The Hall–Kier alpha value is -0.800. The molecule has 0 saturated carbocycles. The highest BCUT2D eigenvalue weighted by Crippen LogP contribution is 2.17. The summed E-state index contributed by atoms with van der Waals surface area (Å²) in [7, 11) is 1.00. The van der Waals surface area contributed by atoms with E-state index < -0.39 is 0 Å². The third kappa shape index (κ3) is 6.22. The second kappa shape index (κ2) is 10.2. The van der Waals surface area contributed by atoms with Crippen molar-refractivity contribution in [2.45, 2.75) is 26.2 Å². The van der Waals surface area contributed by atoms with Crippen LogP contribution in [0.15, 0.2) is 24.3 Å². The van der Waals surface area contributed by atoms with Crippen LogP contribution in [0.25, 0.3) is 0 Å². The van der Waals surface area contributed by atoms with Gasteiger partial charge >= 0.3 is 0 Å². The molecule has 0 aliphatic rings. The quantitative estimate of drug-likeness (QED) is 0.805. The molecule has 0 radical (unpaired) electrons. The number of aldehydes is 1. The summed E-state index contributed by atoms with van der Waals surface area (Å²) in [6, 6.07) is 8.43. The summed E-state index contributed by atoms with van der Waals surface area (Å²) in [5, 5.41) is 7.00. The zero-order valence-electron chi connectivity index (χ0n) is 11.7. The van der Waals surface area contributed by atoms with Gasteiger partial charge in [-0.1, -0.05) is 38.1 Å². The lowest BCUT2D eigenvalue weighted by atomic mass is 9.97. The lowest BCUT2D eigenvalue weighted by Gasteiger charge is -2.10. The summed E-state index contributed by atoms with van der Waals surface area (Å²) in [5.41, 5.74) is 2.47. The molecule has 0 heterocycles. The molecule has 0 aliphatic heterocycles. The molecule has 0 amide bonds. The number of carbonyl (C=O) groups excluding carboxylic acids is 1. The minimum Gasteiger partial charge on any atom is -0.400 e. The first-order valence-corrected chi connectivity index (χ1v) is 7.54. The van der Waals surface area contributed by atoms with Crippen molar-refractivity contribution in [3.05, 3.63) is 35.4 Å². The van der Waals surface area contributed by atoms with Gasteiger partial charge in [0.2, 0.25) is 0 Å². The van der Waals surface area contributed by atoms with E-state index in [1.807, 2.05) is 18.7 Å². The van der Waals surface area contributed by atoms with Gasteiger partial charge in [-0.25, -0.2) is 0 Å². The molecule has 1 rings (SSSR count). The van der Waals surface area contributed by atoms with Gasteiger partial charge in [-0.05, 0) is 35.5 Å². The van der Waals surface area contributed by atoms with Crippen LogP contribution in [0.4, 0.5) is 0 Å². The van der Waals surface area contributed by atoms with Gasteiger partial charge in [0, 0.05) is 13.0 Å². The Bertz CT molecular complexity index is 322. The van der Waals surface area contributed by atoms with Crippen LogP contribution in [0.1, 0.15) is 30.9 Å². The minimum absolute atomic E-state index is 0.0117. The molecule has 1 aromatic carbocycles. The number of benzene rings is 1. The number of rotatable bonds is 6. The Kier molecular flexibility index (Phi) is 9.70. The maximum absolute atomic E-state index is 10.7. The van der Waals surface area contributed by atoms with Gasteiger partial charge in [-0.15, -0.1) is 0 Å². The van der Waals surface area contributed by atoms with Crippen LogP contribution in [0.5, 0.6) is 0 Å². The van der Waals surface area contributed by atoms with Gasteiger partial charge < -0.3 is 9.90 Å². The normalized spacial score (nSPS) is 13.2. The van der Waals surface area contributed by atoms with E-state index in [1.165, 1.54) is 11.3 Å². The Balaban J connectivity index is 0.00000137. The van der Waals surface area contributed by atoms with Gasteiger partial charge in [-0.3, -0.25) is 0 Å². The Morgan fingerprint density at radius 2 is 1.78 bits per heavy atom. The van der Waals surface area contributed by atoms with Crippen molar-refractivity contribution in [3.8, 4) is 0 Å². The molecule has 18 heavy (non-hydrogen) atoms. The van der Waals surface area contributed by atoms with E-state index in [2.05, 4.69) is 37.4 Å². The summed E-state index contributed by atoms with van der Waals surface area (Å²) < 4.78 is 0. The van der Waals surface area contributed by atoms with Gasteiger partial charge in [0.1, 0.15) is 6.29 Å². The topological polar surface area (TPSA) is 37.3 Å². The third-order valence-corrected chi connectivity index (χ3v) is 3.65. The first-order valence-electron chi connectivity index (χ1n) is 6.15. The summed E-state index contributed by atoms with van der Waals surface area (Å²) in [5.74, 6) is 1.92. The first kappa shape index (κ1) is 17.2. The predicted octanol–water partition coefficient (Wildman–Crippen LogP) is 3.14. The molecule has 2 nitrogen and oxygen atoms in total. The van der Waals surface area contributed by atoms with Gasteiger partial charge in [0.25, 0.3) is 0 Å². The number of carbonyl (C=O) groups is 1. The van der Waals surface area contributed by atoms with Gasteiger partial charge in [0.05, 0.1) is 0 Å². The van der Waals surface area contributed by atoms with Crippen molar-refractivity contribution in [2.75, 3.05) is 19.1 Å². The summed E-state index contributed by atoms with van der Waals surface area (Å²) in [6.45, 7) is 4.21. The molecule has 0 saturated heterocycles. The second-order valence-corrected chi connectivity index (χ2v) is 5.34. The molecular weight excluding hydrogens is 244 g/mol. The number of thioether (sulfide) groups is 1. The van der Waals surface area contributed by atoms with E-state index in [9.17, 15) is 4.79 Å². The van der Waals surface area contributed by atoms with E-state index in [0.717, 1.165) is 25.4 Å². The molecule has 2 unspecified atom stereocenters. The lowest BCUT2D eigenvalue weighted by Crippen LogP contribution is -2.03. The number of aliphatic hydroxyl groups excluding tert-OH is 1. The van der Waals surface area contributed by atoms with Crippen molar-refractivity contribution < 1.29 is 9.90 Å². The predicted molar refractivity (Wildman–Crippen MR) is 80.3 cm³/mol. The van der Waals surface area contributed by atoms with Crippen LogP contribution in [0, 0.1) is 5.92 Å². The second-order valence-electron chi connectivity index (χ2n) is 4.43. The van der Waals surface area contributed by atoms with Crippen LogP contribution in [-0.4, -0.2) is 30.5 Å². The van der Waals surface area contributed by atoms with Crippen molar-refractivity contribution in [1.29, 1.82) is 0 Å². The molecule has 0 spiro atoms. The summed E-state index contributed by atoms with van der Waals surface area (Å²) >= 11 is 1.89. The third-order valence-electron chi connectivity index (χ3n) is 2.74. The minimum atomic E-state index is 0.0117. The van der Waals surface area contributed by atoms with Crippen LogP contribution in [-0.2, 0) is 11.2 Å². The van der Waals surface area contributed by atoms with E-state index >= 15 is 0 Å². The average Bonchev–Trinajstić information content (AvgIpc) is 2.41. The molecule has 0 aromatic heterocycles. The number of hydrogen-bond acceptors (Lipinski definition) is 3. The highest BCUT2D eigenvalue weighted by molar-refractivity contribution is 7.98. The van der Waals surface area contributed by atoms with E-state index in [-0.39, 0.29) is 5.92 Å². The van der Waals surface area contributed by atoms with Crippen LogP contribution in [0.3, 0.4) is 0 Å². The SMILES string of the molecule is CO.CSCC(C)Cc1ccc(C(C)C=O)cc1. The summed E-state index contributed by atoms with van der Waals surface area (Å²) in [4.78, 5) is 10.7. The van der Waals surface area contributed by atoms with Crippen molar-refractivity contribution in [1.82, 2.24) is 0 Å². The molecule has 0 bridgehead atoms. The molecular formula is C15H24O2S. The zero-order valence-corrected chi connectivity index (χ0v) is 12.5. The maximum atomic E-state index is 10.7. The largest absolute Gasteiger partial charge is 0.400 e. The van der Waals surface area contributed by atoms with Crippen LogP contribution < -0.4 is 0 Å². The monoisotopic (exact) mass is 268 g/mol. The zero-order chi connectivity index (χ0) is 14.0. The van der Waals surface area contributed by atoms with E-state index in [1.54, 1.807) is 0 Å². The van der Waals surface area contributed by atoms with Gasteiger partial charge in [0.15, 0.2) is 0 Å². The van der Waals surface area contributed by atoms with Crippen molar-refractivity contribution in [3.63, 3.8) is 0 Å². The molecule has 3 heteroatoms. The highest BCUT2D eigenvalue weighted by Gasteiger charge is 2.05. The Morgan fingerprint density at radius 1 is 1.22 bits per heavy atom. The highest BCUT2D eigenvalue weighted by atomic mass is 32.2. The molecule has 0 aliphatic carbocycles. The van der Waals surface area contributed by atoms with E-state index in [0.29, 0.717) is 5.92 Å². The fourth-order valence-corrected chi connectivity index (χ4v) is 2.47. The smallest absolute Gasteiger partial charge is 0.127 e. The van der Waals surface area contributed by atoms with E-state index in [4.69, 9.17) is 5.11 Å². The van der Waals surface area contributed by atoms with Gasteiger partial charge in [-0.2, -0.15) is 11.8 Å². The Morgan fingerprint density at radius 3 is 2.22 bits per heavy atom. The van der Waals surface area contributed by atoms with Crippen LogP contribution >= 0.6 is 11.8 Å². The Labute approximate surface area is 115 Å². The fraction of sp³-hybridized carbons (Fsp3) is 0.533. The van der Waals surface area contributed by atoms with Crippen molar-refractivity contribution in [2.24, 2.45) is 5.92 Å². The number of hydrogen-bond donors (Lipinski definition) is 1. The molecule has 1 N–H and O–H groups in total. The molecule has 0 fully saturated rings. The standard InChI is InChI=1S/C14H20OS.CH4O/c1-11(10-16-3)8-13-4-6-14(7-5-13)12(2)9-15;1-2/h4-7,9,11-12H,8,10H2,1-3H3;2H,1H3. The molecule has 1 aromatic rings. The first-order chi connectivity index (χ1) is 8.67. The maximum Gasteiger partial charge on any atom is 0.127 e. The number of aliphatic hydroxyl groups is 1. The molecule has 102 valence electrons. The van der Waals surface area contributed by atoms with Crippen LogP contribution in [0.2, 0.25) is 0 Å². The van der Waals surface area contributed by atoms with Crippen molar-refractivity contribution >= 4 is 18.0 Å². The average molecular weight is 268 g/mol. The lowest BCUT2D eigenvalue weighted by molar-refractivity contribution is -0.108. The fourth-order valence-electron chi connectivity index (χ4n) is 1.78. The molecule has 2 atom stereocenters. The summed E-state index contributed by atoms with van der Waals surface area (Å²) in [6.07, 6.45) is 4.26.